The Morgan fingerprint density at radius 1 is 1.24 bits per heavy atom. The van der Waals surface area contributed by atoms with Crippen LogP contribution in [-0.4, -0.2) is 42.8 Å². The number of carbonyl (C=O) groups is 2. The number of hydrogen-bond acceptors (Lipinski definition) is 3. The molecule has 21 heavy (non-hydrogen) atoms. The van der Waals surface area contributed by atoms with Crippen molar-refractivity contribution in [3.8, 4) is 0 Å². The van der Waals surface area contributed by atoms with E-state index in [9.17, 15) is 22.8 Å². The summed E-state index contributed by atoms with van der Waals surface area (Å²) in [7, 11) is 0. The zero-order valence-corrected chi connectivity index (χ0v) is 11.0. The molecule has 1 aromatic carbocycles. The molecule has 8 heteroatoms. The quantitative estimate of drug-likeness (QED) is 0.707. The Morgan fingerprint density at radius 2 is 1.95 bits per heavy atom. The maximum Gasteiger partial charge on any atom is 0.401 e. The number of rotatable bonds is 7. The van der Waals surface area contributed by atoms with Crippen molar-refractivity contribution < 1.29 is 27.9 Å². The zero-order chi connectivity index (χ0) is 15.9. The van der Waals surface area contributed by atoms with Gasteiger partial charge in [-0.2, -0.15) is 13.2 Å². The first-order chi connectivity index (χ1) is 9.78. The van der Waals surface area contributed by atoms with Gasteiger partial charge in [-0.05, 0) is 24.1 Å². The minimum Gasteiger partial charge on any atom is -0.478 e. The van der Waals surface area contributed by atoms with Gasteiger partial charge in [0.1, 0.15) is 0 Å². The molecule has 0 atom stereocenters. The van der Waals surface area contributed by atoms with Crippen LogP contribution < -0.4 is 10.6 Å². The van der Waals surface area contributed by atoms with Gasteiger partial charge in [0.15, 0.2) is 0 Å². The second-order valence-electron chi connectivity index (χ2n) is 4.32. The highest BCUT2D eigenvalue weighted by Crippen LogP contribution is 2.11. The Morgan fingerprint density at radius 3 is 2.57 bits per heavy atom. The number of carboxylic acids is 1. The third-order valence-electron chi connectivity index (χ3n) is 2.52. The predicted molar refractivity (Wildman–Crippen MR) is 69.0 cm³/mol. The molecule has 0 unspecified atom stereocenters. The highest BCUT2D eigenvalue weighted by molar-refractivity contribution is 5.87. The van der Waals surface area contributed by atoms with Crippen molar-refractivity contribution in [1.82, 2.24) is 10.6 Å². The van der Waals surface area contributed by atoms with Crippen LogP contribution in [0.1, 0.15) is 15.9 Å². The fourth-order valence-corrected chi connectivity index (χ4v) is 1.59. The van der Waals surface area contributed by atoms with Crippen LogP contribution in [0.3, 0.4) is 0 Å². The summed E-state index contributed by atoms with van der Waals surface area (Å²) in [5.41, 5.74) is 0.865. The van der Waals surface area contributed by atoms with Crippen molar-refractivity contribution >= 4 is 11.9 Å². The molecule has 5 nitrogen and oxygen atoms in total. The molecule has 0 bridgehead atoms. The fourth-order valence-electron chi connectivity index (χ4n) is 1.59. The molecular formula is C13H15F3N2O3. The van der Waals surface area contributed by atoms with Crippen LogP contribution in [0.15, 0.2) is 24.3 Å². The standard InChI is InChI=1S/C13H15F3N2O3/c14-13(15,16)8-17-7-11(19)18-5-4-9-2-1-3-10(6-9)12(20)21/h1-3,6,17H,4-5,7-8H2,(H,18,19)(H,20,21). The third-order valence-corrected chi connectivity index (χ3v) is 2.52. The van der Waals surface area contributed by atoms with Gasteiger partial charge >= 0.3 is 12.1 Å². The average molecular weight is 304 g/mol. The number of carbonyl (C=O) groups excluding carboxylic acids is 1. The molecule has 0 fully saturated rings. The smallest absolute Gasteiger partial charge is 0.401 e. The number of carboxylic acid groups (broad SMARTS) is 1. The van der Waals surface area contributed by atoms with Crippen LogP contribution >= 0.6 is 0 Å². The molecule has 0 spiro atoms. The van der Waals surface area contributed by atoms with Crippen molar-refractivity contribution in [1.29, 1.82) is 0 Å². The Balaban J connectivity index is 2.28. The van der Waals surface area contributed by atoms with Crippen molar-refractivity contribution in [2.45, 2.75) is 12.6 Å². The Kier molecular flexibility index (Phi) is 6.16. The van der Waals surface area contributed by atoms with Gasteiger partial charge in [-0.1, -0.05) is 12.1 Å². The van der Waals surface area contributed by atoms with E-state index in [1.165, 1.54) is 12.1 Å². The van der Waals surface area contributed by atoms with E-state index in [0.717, 1.165) is 5.56 Å². The molecule has 0 aliphatic heterocycles. The van der Waals surface area contributed by atoms with Crippen LogP contribution in [0.25, 0.3) is 0 Å². The summed E-state index contributed by atoms with van der Waals surface area (Å²) >= 11 is 0. The van der Waals surface area contributed by atoms with Crippen molar-refractivity contribution in [2.75, 3.05) is 19.6 Å². The second-order valence-corrected chi connectivity index (χ2v) is 4.32. The maximum absolute atomic E-state index is 11.8. The minimum absolute atomic E-state index is 0.144. The number of halogens is 3. The summed E-state index contributed by atoms with van der Waals surface area (Å²) in [6.45, 7) is -1.43. The highest BCUT2D eigenvalue weighted by Gasteiger charge is 2.26. The van der Waals surface area contributed by atoms with E-state index in [0.29, 0.717) is 6.42 Å². The van der Waals surface area contributed by atoms with Gasteiger partial charge in [-0.15, -0.1) is 0 Å². The molecule has 0 aromatic heterocycles. The van der Waals surface area contributed by atoms with Gasteiger partial charge in [0.25, 0.3) is 0 Å². The summed E-state index contributed by atoms with van der Waals surface area (Å²) in [4.78, 5) is 22.0. The Hall–Kier alpha value is -2.09. The molecular weight excluding hydrogens is 289 g/mol. The second kappa shape index (κ2) is 7.63. The molecule has 1 amide bonds. The number of alkyl halides is 3. The minimum atomic E-state index is -4.35. The van der Waals surface area contributed by atoms with Gasteiger partial charge in [0.2, 0.25) is 5.91 Å². The van der Waals surface area contributed by atoms with Crippen LogP contribution in [-0.2, 0) is 11.2 Å². The zero-order valence-electron chi connectivity index (χ0n) is 11.0. The summed E-state index contributed by atoms with van der Waals surface area (Å²) in [6, 6.07) is 6.23. The monoisotopic (exact) mass is 304 g/mol. The number of nitrogens with one attached hydrogen (secondary N) is 2. The van der Waals surface area contributed by atoms with E-state index in [1.54, 1.807) is 12.1 Å². The highest BCUT2D eigenvalue weighted by atomic mass is 19.4. The Bertz CT molecular complexity index is 504. The van der Waals surface area contributed by atoms with E-state index in [2.05, 4.69) is 5.32 Å². The lowest BCUT2D eigenvalue weighted by Gasteiger charge is -2.09. The molecule has 0 saturated heterocycles. The SMILES string of the molecule is O=C(CNCC(F)(F)F)NCCc1cccc(C(=O)O)c1. The number of benzene rings is 1. The van der Waals surface area contributed by atoms with E-state index >= 15 is 0 Å². The molecule has 116 valence electrons. The number of hydrogen-bond donors (Lipinski definition) is 3. The van der Waals surface area contributed by atoms with Gasteiger partial charge in [-0.25, -0.2) is 4.79 Å². The molecule has 1 aromatic rings. The van der Waals surface area contributed by atoms with Crippen LogP contribution in [0.2, 0.25) is 0 Å². The lowest BCUT2D eigenvalue weighted by Crippen LogP contribution is -2.38. The van der Waals surface area contributed by atoms with E-state index in [-0.39, 0.29) is 12.1 Å². The lowest BCUT2D eigenvalue weighted by molar-refractivity contribution is -0.128. The van der Waals surface area contributed by atoms with Crippen molar-refractivity contribution in [2.24, 2.45) is 0 Å². The summed E-state index contributed by atoms with van der Waals surface area (Å²) in [5, 5.41) is 13.2. The first-order valence-corrected chi connectivity index (χ1v) is 6.14. The fraction of sp³-hybridized carbons (Fsp3) is 0.385. The number of aromatic carboxylic acids is 1. The topological polar surface area (TPSA) is 78.4 Å². The average Bonchev–Trinajstić information content (AvgIpc) is 2.37. The summed E-state index contributed by atoms with van der Waals surface area (Å²) < 4.78 is 35.5. The van der Waals surface area contributed by atoms with Gasteiger partial charge in [0, 0.05) is 6.54 Å². The van der Waals surface area contributed by atoms with Gasteiger partial charge < -0.3 is 15.7 Å². The van der Waals surface area contributed by atoms with Crippen LogP contribution in [0.4, 0.5) is 13.2 Å². The third kappa shape index (κ3) is 7.31. The molecule has 0 aliphatic rings. The predicted octanol–water partition coefficient (Wildman–Crippen LogP) is 1.20. The molecule has 1 rings (SSSR count). The van der Waals surface area contributed by atoms with Crippen LogP contribution in [0, 0.1) is 0 Å². The van der Waals surface area contributed by atoms with E-state index < -0.39 is 31.1 Å². The summed E-state index contributed by atoms with van der Waals surface area (Å²) in [5.74, 6) is -1.59. The van der Waals surface area contributed by atoms with Crippen molar-refractivity contribution in [3.05, 3.63) is 35.4 Å². The van der Waals surface area contributed by atoms with Gasteiger partial charge in [-0.3, -0.25) is 4.79 Å². The van der Waals surface area contributed by atoms with Gasteiger partial charge in [0.05, 0.1) is 18.7 Å². The molecule has 0 heterocycles. The first-order valence-electron chi connectivity index (χ1n) is 6.14. The normalized spacial score (nSPS) is 11.2. The number of amides is 1. The van der Waals surface area contributed by atoms with E-state index in [4.69, 9.17) is 5.11 Å². The molecule has 0 radical (unpaired) electrons. The molecule has 0 saturated carbocycles. The molecule has 3 N–H and O–H groups in total. The largest absolute Gasteiger partial charge is 0.478 e. The van der Waals surface area contributed by atoms with Crippen LogP contribution in [0.5, 0.6) is 0 Å². The lowest BCUT2D eigenvalue weighted by atomic mass is 10.1. The maximum atomic E-state index is 11.8. The van der Waals surface area contributed by atoms with Crippen molar-refractivity contribution in [3.63, 3.8) is 0 Å². The summed E-state index contributed by atoms with van der Waals surface area (Å²) in [6.07, 6.45) is -3.95. The Labute approximate surface area is 119 Å². The van der Waals surface area contributed by atoms with E-state index in [1.807, 2.05) is 5.32 Å². The molecule has 0 aliphatic carbocycles. The first kappa shape index (κ1) is 17.0.